The van der Waals surface area contributed by atoms with Gasteiger partial charge in [-0.15, -0.1) is 0 Å². The summed E-state index contributed by atoms with van der Waals surface area (Å²) in [6, 6.07) is 22.0. The van der Waals surface area contributed by atoms with Crippen molar-refractivity contribution < 1.29 is 9.57 Å². The molecule has 152 valence electrons. The maximum Gasteiger partial charge on any atom is 0.170 e. The Hall–Kier alpha value is -3.80. The highest BCUT2D eigenvalue weighted by molar-refractivity contribution is 5.97. The largest absolute Gasteiger partial charge is 0.496 e. The first-order valence-electron chi connectivity index (χ1n) is 9.72. The van der Waals surface area contributed by atoms with E-state index in [0.29, 0.717) is 5.84 Å². The topological polar surface area (TPSA) is 74.7 Å². The van der Waals surface area contributed by atoms with Crippen LogP contribution in [0, 0.1) is 6.92 Å². The number of nitrogens with two attached hydrogens (primary N) is 1. The summed E-state index contributed by atoms with van der Waals surface area (Å²) < 4.78 is 7.48. The Labute approximate surface area is 175 Å². The van der Waals surface area contributed by atoms with Crippen molar-refractivity contribution in [3.63, 3.8) is 0 Å². The molecule has 6 nitrogen and oxygen atoms in total. The summed E-state index contributed by atoms with van der Waals surface area (Å²) in [7, 11) is 1.64. The molecule has 3 aromatic carbocycles. The number of amidine groups is 1. The Kier molecular flexibility index (Phi) is 5.66. The number of hydrogen-bond acceptors (Lipinski definition) is 4. The Morgan fingerprint density at radius 3 is 2.67 bits per heavy atom. The van der Waals surface area contributed by atoms with Crippen LogP contribution in [0.5, 0.6) is 5.75 Å². The SMILES string of the molecule is COc1ccc(C)cc1CO/N=C(\N)c1ccc(Cn2cnc3ccccc32)cc1. The second-order valence-corrected chi connectivity index (χ2v) is 7.12. The number of aromatic nitrogens is 2. The maximum absolute atomic E-state index is 6.10. The molecule has 1 aromatic heterocycles. The zero-order valence-corrected chi connectivity index (χ0v) is 17.1. The molecule has 4 aromatic rings. The highest BCUT2D eigenvalue weighted by Gasteiger charge is 2.06. The van der Waals surface area contributed by atoms with E-state index in [4.69, 9.17) is 15.3 Å². The lowest BCUT2D eigenvalue weighted by atomic mass is 10.1. The molecule has 0 fully saturated rings. The number of rotatable bonds is 7. The van der Waals surface area contributed by atoms with Gasteiger partial charge in [0.25, 0.3) is 0 Å². The molecular formula is C24H24N4O2. The van der Waals surface area contributed by atoms with Crippen LogP contribution >= 0.6 is 0 Å². The van der Waals surface area contributed by atoms with Crippen molar-refractivity contribution in [1.29, 1.82) is 0 Å². The van der Waals surface area contributed by atoms with Crippen molar-refractivity contribution in [3.8, 4) is 5.75 Å². The third-order valence-electron chi connectivity index (χ3n) is 4.95. The van der Waals surface area contributed by atoms with Gasteiger partial charge >= 0.3 is 0 Å². The molecule has 0 aliphatic carbocycles. The molecule has 30 heavy (non-hydrogen) atoms. The minimum absolute atomic E-state index is 0.289. The van der Waals surface area contributed by atoms with Crippen LogP contribution in [-0.4, -0.2) is 22.5 Å². The fourth-order valence-electron chi connectivity index (χ4n) is 3.36. The van der Waals surface area contributed by atoms with Gasteiger partial charge in [-0.25, -0.2) is 4.98 Å². The standard InChI is InChI=1S/C24H24N4O2/c1-17-7-12-23(29-2)20(13-17)15-30-27-24(25)19-10-8-18(9-11-19)14-28-16-26-21-5-3-4-6-22(21)28/h3-13,16H,14-15H2,1-2H3,(H2,25,27). The second-order valence-electron chi connectivity index (χ2n) is 7.12. The van der Waals surface area contributed by atoms with E-state index >= 15 is 0 Å². The minimum atomic E-state index is 0.289. The lowest BCUT2D eigenvalue weighted by molar-refractivity contribution is 0.128. The molecule has 0 aliphatic heterocycles. The fourth-order valence-corrected chi connectivity index (χ4v) is 3.36. The summed E-state index contributed by atoms with van der Waals surface area (Å²) in [5.74, 6) is 1.10. The first kappa shape index (κ1) is 19.5. The molecule has 6 heteroatoms. The summed E-state index contributed by atoms with van der Waals surface area (Å²) in [6.45, 7) is 3.05. The van der Waals surface area contributed by atoms with Crippen LogP contribution in [0.4, 0.5) is 0 Å². The molecule has 4 rings (SSSR count). The van der Waals surface area contributed by atoms with Crippen molar-refractivity contribution in [2.45, 2.75) is 20.1 Å². The van der Waals surface area contributed by atoms with Crippen LogP contribution in [-0.2, 0) is 18.0 Å². The van der Waals surface area contributed by atoms with E-state index in [1.807, 2.05) is 73.9 Å². The molecule has 0 saturated carbocycles. The zero-order valence-electron chi connectivity index (χ0n) is 17.1. The van der Waals surface area contributed by atoms with Gasteiger partial charge in [-0.2, -0.15) is 0 Å². The number of ether oxygens (including phenoxy) is 1. The molecular weight excluding hydrogens is 376 g/mol. The van der Waals surface area contributed by atoms with Crippen LogP contribution in [0.2, 0.25) is 0 Å². The maximum atomic E-state index is 6.10. The third kappa shape index (κ3) is 4.27. The van der Waals surface area contributed by atoms with E-state index in [2.05, 4.69) is 20.8 Å². The number of aryl methyl sites for hydroxylation is 1. The predicted octanol–water partition coefficient (Wildman–Crippen LogP) is 4.24. The Bertz CT molecular complexity index is 1180. The number of hydrogen-bond donors (Lipinski definition) is 1. The normalized spacial score (nSPS) is 11.6. The van der Waals surface area contributed by atoms with Crippen LogP contribution in [0.15, 0.2) is 78.2 Å². The van der Waals surface area contributed by atoms with Crippen LogP contribution in [0.1, 0.15) is 22.3 Å². The quantitative estimate of drug-likeness (QED) is 0.286. The molecule has 2 N–H and O–H groups in total. The van der Waals surface area contributed by atoms with Gasteiger partial charge in [0.05, 0.1) is 24.5 Å². The van der Waals surface area contributed by atoms with E-state index in [1.54, 1.807) is 7.11 Å². The molecule has 0 amide bonds. The van der Waals surface area contributed by atoms with Crippen LogP contribution in [0.25, 0.3) is 11.0 Å². The molecule has 1 heterocycles. The predicted molar refractivity (Wildman–Crippen MR) is 119 cm³/mol. The number of para-hydroxylation sites is 2. The summed E-state index contributed by atoms with van der Waals surface area (Å²) >= 11 is 0. The number of benzene rings is 3. The van der Waals surface area contributed by atoms with Crippen molar-refractivity contribution >= 4 is 16.9 Å². The average molecular weight is 400 g/mol. The number of fused-ring (bicyclic) bond motifs is 1. The molecule has 0 atom stereocenters. The number of nitrogens with zero attached hydrogens (tertiary/aromatic N) is 3. The summed E-state index contributed by atoms with van der Waals surface area (Å²) in [6.07, 6.45) is 1.86. The van der Waals surface area contributed by atoms with Crippen molar-refractivity contribution in [2.24, 2.45) is 10.9 Å². The second kappa shape index (κ2) is 8.69. The first-order valence-corrected chi connectivity index (χ1v) is 9.72. The van der Waals surface area contributed by atoms with Gasteiger partial charge in [-0.1, -0.05) is 53.2 Å². The summed E-state index contributed by atoms with van der Waals surface area (Å²) in [5, 5.41) is 4.06. The Morgan fingerprint density at radius 1 is 1.07 bits per heavy atom. The van der Waals surface area contributed by atoms with Crippen LogP contribution in [0.3, 0.4) is 0 Å². The van der Waals surface area contributed by atoms with Gasteiger partial charge in [0, 0.05) is 17.7 Å². The number of imidazole rings is 1. The minimum Gasteiger partial charge on any atom is -0.496 e. The van der Waals surface area contributed by atoms with Gasteiger partial charge in [0.15, 0.2) is 5.84 Å². The summed E-state index contributed by atoms with van der Waals surface area (Å²) in [5.41, 5.74) is 12.2. The molecule has 0 radical (unpaired) electrons. The lowest BCUT2D eigenvalue weighted by Crippen LogP contribution is -2.14. The molecule has 0 bridgehead atoms. The van der Waals surface area contributed by atoms with E-state index < -0.39 is 0 Å². The highest BCUT2D eigenvalue weighted by atomic mass is 16.6. The Morgan fingerprint density at radius 2 is 1.87 bits per heavy atom. The third-order valence-corrected chi connectivity index (χ3v) is 4.95. The molecule has 0 spiro atoms. The van der Waals surface area contributed by atoms with E-state index in [0.717, 1.165) is 45.6 Å². The van der Waals surface area contributed by atoms with Gasteiger partial charge < -0.3 is 19.9 Å². The van der Waals surface area contributed by atoms with E-state index in [1.165, 1.54) is 0 Å². The van der Waals surface area contributed by atoms with Gasteiger partial charge in [-0.3, -0.25) is 0 Å². The fraction of sp³-hybridized carbons (Fsp3) is 0.167. The Balaban J connectivity index is 1.41. The monoisotopic (exact) mass is 400 g/mol. The molecule has 0 saturated heterocycles. The van der Waals surface area contributed by atoms with E-state index in [-0.39, 0.29) is 6.61 Å². The number of oxime groups is 1. The van der Waals surface area contributed by atoms with Crippen molar-refractivity contribution in [3.05, 3.63) is 95.3 Å². The highest BCUT2D eigenvalue weighted by Crippen LogP contribution is 2.20. The zero-order chi connectivity index (χ0) is 20.9. The molecule has 0 unspecified atom stereocenters. The molecule has 0 aliphatic rings. The van der Waals surface area contributed by atoms with Gasteiger partial charge in [-0.05, 0) is 36.8 Å². The van der Waals surface area contributed by atoms with Gasteiger partial charge in [0.2, 0.25) is 0 Å². The van der Waals surface area contributed by atoms with Gasteiger partial charge in [0.1, 0.15) is 12.4 Å². The average Bonchev–Trinajstić information content (AvgIpc) is 3.17. The number of methoxy groups -OCH3 is 1. The first-order chi connectivity index (χ1) is 14.6. The summed E-state index contributed by atoms with van der Waals surface area (Å²) in [4.78, 5) is 9.90. The van der Waals surface area contributed by atoms with Crippen molar-refractivity contribution in [2.75, 3.05) is 7.11 Å². The van der Waals surface area contributed by atoms with Crippen LogP contribution < -0.4 is 10.5 Å². The van der Waals surface area contributed by atoms with Crippen molar-refractivity contribution in [1.82, 2.24) is 9.55 Å². The smallest absolute Gasteiger partial charge is 0.170 e. The van der Waals surface area contributed by atoms with E-state index in [9.17, 15) is 0 Å². The lowest BCUT2D eigenvalue weighted by Gasteiger charge is -2.09.